The molecule has 0 aliphatic carbocycles. The molecular weight excluding hydrogens is 331 g/mol. The van der Waals surface area contributed by atoms with Gasteiger partial charge in [-0.2, -0.15) is 0 Å². The molecule has 0 fully saturated rings. The zero-order valence-electron chi connectivity index (χ0n) is 12.4. The first-order valence-corrected chi connectivity index (χ1v) is 7.99. The van der Waals surface area contributed by atoms with Gasteiger partial charge in [0.25, 0.3) is 5.91 Å². The molecule has 0 spiro atoms. The number of benzene rings is 2. The lowest BCUT2D eigenvalue weighted by atomic mass is 10.0. The lowest BCUT2D eigenvalue weighted by molar-refractivity contribution is 0.0957. The number of halogens is 2. The predicted molar refractivity (Wildman–Crippen MR) is 95.2 cm³/mol. The summed E-state index contributed by atoms with van der Waals surface area (Å²) in [5, 5.41) is 4.71. The van der Waals surface area contributed by atoms with Gasteiger partial charge in [0.05, 0.1) is 21.8 Å². The second-order valence-electron chi connectivity index (χ2n) is 5.06. The second-order valence-corrected chi connectivity index (χ2v) is 5.90. The Balaban J connectivity index is 2.24. The number of nitrogens with one attached hydrogen (secondary N) is 1. The number of aromatic nitrogens is 1. The Kier molecular flexibility index (Phi) is 4.51. The topological polar surface area (TPSA) is 42.0 Å². The van der Waals surface area contributed by atoms with Gasteiger partial charge in [0, 0.05) is 22.5 Å². The van der Waals surface area contributed by atoms with E-state index in [2.05, 4.69) is 10.3 Å². The molecule has 1 heterocycles. The van der Waals surface area contributed by atoms with Crippen LogP contribution in [0.5, 0.6) is 0 Å². The minimum atomic E-state index is -0.127. The van der Waals surface area contributed by atoms with Gasteiger partial charge in [0.15, 0.2) is 0 Å². The van der Waals surface area contributed by atoms with Crippen molar-refractivity contribution >= 4 is 40.0 Å². The Labute approximate surface area is 144 Å². The first-order valence-electron chi connectivity index (χ1n) is 7.23. The molecule has 3 nitrogen and oxygen atoms in total. The van der Waals surface area contributed by atoms with Crippen molar-refractivity contribution in [2.45, 2.75) is 6.92 Å². The van der Waals surface area contributed by atoms with Gasteiger partial charge in [-0.25, -0.2) is 4.98 Å². The van der Waals surface area contributed by atoms with Crippen molar-refractivity contribution in [1.82, 2.24) is 10.3 Å². The maximum Gasteiger partial charge on any atom is 0.252 e. The average molecular weight is 345 g/mol. The molecule has 0 aliphatic rings. The summed E-state index contributed by atoms with van der Waals surface area (Å²) in [5.74, 6) is -0.127. The second kappa shape index (κ2) is 6.57. The summed E-state index contributed by atoms with van der Waals surface area (Å²) >= 11 is 12.2. The lowest BCUT2D eigenvalue weighted by Gasteiger charge is -2.11. The van der Waals surface area contributed by atoms with Gasteiger partial charge in [-0.15, -0.1) is 0 Å². The largest absolute Gasteiger partial charge is 0.352 e. The Bertz CT molecular complexity index is 893. The molecule has 1 amide bonds. The fraction of sp³-hybridized carbons (Fsp3) is 0.111. The van der Waals surface area contributed by atoms with Crippen LogP contribution in [0.15, 0.2) is 48.5 Å². The van der Waals surface area contributed by atoms with Gasteiger partial charge in [-0.05, 0) is 37.3 Å². The first-order chi connectivity index (χ1) is 11.1. The molecule has 23 heavy (non-hydrogen) atoms. The smallest absolute Gasteiger partial charge is 0.252 e. The van der Waals surface area contributed by atoms with E-state index in [4.69, 9.17) is 23.2 Å². The molecule has 2 aromatic carbocycles. The molecule has 5 heteroatoms. The highest BCUT2D eigenvalue weighted by Gasteiger charge is 2.14. The fourth-order valence-corrected chi connectivity index (χ4v) is 2.96. The summed E-state index contributed by atoms with van der Waals surface area (Å²) in [7, 11) is 0. The molecule has 1 aromatic heterocycles. The number of fused-ring (bicyclic) bond motifs is 1. The van der Waals surface area contributed by atoms with Crippen LogP contribution in [0.4, 0.5) is 0 Å². The van der Waals surface area contributed by atoms with Gasteiger partial charge >= 0.3 is 0 Å². The third-order valence-electron chi connectivity index (χ3n) is 3.51. The van der Waals surface area contributed by atoms with E-state index in [1.165, 1.54) is 0 Å². The lowest BCUT2D eigenvalue weighted by Crippen LogP contribution is -2.23. The highest BCUT2D eigenvalue weighted by atomic mass is 35.5. The van der Waals surface area contributed by atoms with E-state index in [1.54, 1.807) is 18.2 Å². The minimum absolute atomic E-state index is 0.127. The average Bonchev–Trinajstić information content (AvgIpc) is 2.54. The molecule has 3 aromatic rings. The third-order valence-corrected chi connectivity index (χ3v) is 4.05. The first kappa shape index (κ1) is 15.8. The maximum absolute atomic E-state index is 12.4. The predicted octanol–water partition coefficient (Wildman–Crippen LogP) is 4.96. The molecule has 0 atom stereocenters. The number of pyridine rings is 1. The van der Waals surface area contributed by atoms with Crippen LogP contribution in [0, 0.1) is 0 Å². The summed E-state index contributed by atoms with van der Waals surface area (Å²) in [6, 6.07) is 14.6. The Morgan fingerprint density at radius 2 is 1.91 bits per heavy atom. The van der Waals surface area contributed by atoms with Crippen molar-refractivity contribution in [3.05, 3.63) is 64.1 Å². The van der Waals surface area contributed by atoms with Crippen LogP contribution in [0.1, 0.15) is 17.3 Å². The number of nitrogens with zero attached hydrogens (tertiary/aromatic N) is 1. The molecule has 1 N–H and O–H groups in total. The zero-order valence-corrected chi connectivity index (χ0v) is 13.9. The number of hydrogen-bond donors (Lipinski definition) is 1. The molecule has 0 radical (unpaired) electrons. The van der Waals surface area contributed by atoms with E-state index in [0.717, 1.165) is 16.5 Å². The van der Waals surface area contributed by atoms with Crippen LogP contribution < -0.4 is 5.32 Å². The van der Waals surface area contributed by atoms with Crippen molar-refractivity contribution in [1.29, 1.82) is 0 Å². The van der Waals surface area contributed by atoms with Crippen molar-refractivity contribution in [3.8, 4) is 11.3 Å². The van der Waals surface area contributed by atoms with E-state index in [0.29, 0.717) is 27.8 Å². The Morgan fingerprint density at radius 1 is 1.13 bits per heavy atom. The fourth-order valence-electron chi connectivity index (χ4n) is 2.45. The number of hydrogen-bond acceptors (Lipinski definition) is 2. The van der Waals surface area contributed by atoms with Gasteiger partial charge < -0.3 is 5.32 Å². The normalized spacial score (nSPS) is 10.7. The molecular formula is C18H14Cl2N2O. The van der Waals surface area contributed by atoms with Crippen molar-refractivity contribution in [3.63, 3.8) is 0 Å². The number of carbonyl (C=O) groups is 1. The van der Waals surface area contributed by atoms with Gasteiger partial charge in [0.1, 0.15) is 0 Å². The quantitative estimate of drug-likeness (QED) is 0.729. The van der Waals surface area contributed by atoms with Gasteiger partial charge in [-0.1, -0.05) is 41.4 Å². The van der Waals surface area contributed by atoms with Crippen LogP contribution in [0.25, 0.3) is 22.2 Å². The van der Waals surface area contributed by atoms with Gasteiger partial charge in [0.2, 0.25) is 0 Å². The van der Waals surface area contributed by atoms with Crippen LogP contribution in [-0.2, 0) is 0 Å². The van der Waals surface area contributed by atoms with E-state index >= 15 is 0 Å². The van der Waals surface area contributed by atoms with Crippen LogP contribution in [0.3, 0.4) is 0 Å². The molecule has 0 unspecified atom stereocenters. The Morgan fingerprint density at radius 3 is 2.65 bits per heavy atom. The van der Waals surface area contributed by atoms with Crippen molar-refractivity contribution in [2.24, 2.45) is 0 Å². The van der Waals surface area contributed by atoms with E-state index in [1.807, 2.05) is 37.3 Å². The summed E-state index contributed by atoms with van der Waals surface area (Å²) in [4.78, 5) is 17.0. The molecule has 3 rings (SSSR count). The molecule has 0 bridgehead atoms. The SMILES string of the molecule is CCNC(=O)c1cc(-c2ccc(Cl)cc2Cl)nc2ccccc12. The van der Waals surface area contributed by atoms with E-state index < -0.39 is 0 Å². The van der Waals surface area contributed by atoms with Crippen LogP contribution in [0.2, 0.25) is 10.0 Å². The maximum atomic E-state index is 12.4. The summed E-state index contributed by atoms with van der Waals surface area (Å²) < 4.78 is 0. The molecule has 0 aliphatic heterocycles. The third kappa shape index (κ3) is 3.16. The summed E-state index contributed by atoms with van der Waals surface area (Å²) in [6.45, 7) is 2.45. The highest BCUT2D eigenvalue weighted by molar-refractivity contribution is 6.36. The Hall–Kier alpha value is -2.10. The summed E-state index contributed by atoms with van der Waals surface area (Å²) in [6.07, 6.45) is 0. The van der Waals surface area contributed by atoms with Crippen molar-refractivity contribution in [2.75, 3.05) is 6.54 Å². The molecule has 116 valence electrons. The molecule has 0 saturated carbocycles. The van der Waals surface area contributed by atoms with Crippen LogP contribution in [-0.4, -0.2) is 17.4 Å². The number of carbonyl (C=O) groups excluding carboxylic acids is 1. The highest BCUT2D eigenvalue weighted by Crippen LogP contribution is 2.31. The van der Waals surface area contributed by atoms with Crippen LogP contribution >= 0.6 is 23.2 Å². The number of para-hydroxylation sites is 1. The minimum Gasteiger partial charge on any atom is -0.352 e. The number of rotatable bonds is 3. The van der Waals surface area contributed by atoms with Gasteiger partial charge in [-0.3, -0.25) is 4.79 Å². The monoisotopic (exact) mass is 344 g/mol. The van der Waals surface area contributed by atoms with Crippen molar-refractivity contribution < 1.29 is 4.79 Å². The van der Waals surface area contributed by atoms with E-state index in [9.17, 15) is 4.79 Å². The number of amides is 1. The standard InChI is InChI=1S/C18H14Cl2N2O/c1-2-21-18(23)14-10-17(13-8-7-11(19)9-15(13)20)22-16-6-4-3-5-12(14)16/h3-10H,2H2,1H3,(H,21,23). The molecule has 0 saturated heterocycles. The summed E-state index contributed by atoms with van der Waals surface area (Å²) in [5.41, 5.74) is 2.72. The zero-order chi connectivity index (χ0) is 16.4. The van der Waals surface area contributed by atoms with E-state index in [-0.39, 0.29) is 5.91 Å².